The summed E-state index contributed by atoms with van der Waals surface area (Å²) in [5.74, 6) is 0. The molecule has 100 valence electrons. The zero-order valence-electron chi connectivity index (χ0n) is 10.8. The van der Waals surface area contributed by atoms with Gasteiger partial charge in [0, 0.05) is 13.1 Å². The van der Waals surface area contributed by atoms with E-state index in [4.69, 9.17) is 33.7 Å². The first-order valence-corrected chi connectivity index (χ1v) is 6.71. The van der Waals surface area contributed by atoms with E-state index in [1.807, 2.05) is 6.07 Å². The van der Waals surface area contributed by atoms with Gasteiger partial charge in [0.15, 0.2) is 0 Å². The minimum Gasteiger partial charge on any atom is -0.397 e. The van der Waals surface area contributed by atoms with Crippen LogP contribution < -0.4 is 10.6 Å². The molecule has 2 N–H and O–H groups in total. The highest BCUT2D eigenvalue weighted by Crippen LogP contribution is 2.35. The van der Waals surface area contributed by atoms with Gasteiger partial charge in [0.05, 0.1) is 33.1 Å². The fraction of sp³-hybridized carbons (Fsp3) is 0.538. The van der Waals surface area contributed by atoms with Gasteiger partial charge in [-0.1, -0.05) is 23.2 Å². The van der Waals surface area contributed by atoms with Gasteiger partial charge in [0.1, 0.15) is 0 Å². The van der Waals surface area contributed by atoms with Crippen LogP contribution in [0.3, 0.4) is 0 Å². The van der Waals surface area contributed by atoms with Gasteiger partial charge >= 0.3 is 0 Å². The molecule has 1 aliphatic rings. The maximum absolute atomic E-state index is 6.07. The summed E-state index contributed by atoms with van der Waals surface area (Å²) in [6, 6.07) is 3.53. The fourth-order valence-corrected chi connectivity index (χ4v) is 2.79. The highest BCUT2D eigenvalue weighted by atomic mass is 35.5. The van der Waals surface area contributed by atoms with Crippen LogP contribution in [0.1, 0.15) is 20.8 Å². The highest BCUT2D eigenvalue weighted by Gasteiger charge is 2.32. The molecule has 0 aliphatic carbocycles. The van der Waals surface area contributed by atoms with Gasteiger partial charge in [-0.3, -0.25) is 0 Å². The van der Waals surface area contributed by atoms with Crippen molar-refractivity contribution in [3.63, 3.8) is 0 Å². The number of morpholine rings is 1. The SMILES string of the molecule is CC1CN(c2cc(Cl)c(Cl)cc2N)CC(C)(C)O1. The molecule has 1 heterocycles. The minimum atomic E-state index is -0.198. The second-order valence-corrected chi connectivity index (χ2v) is 6.21. The van der Waals surface area contributed by atoms with Crippen LogP contribution in [-0.4, -0.2) is 24.8 Å². The highest BCUT2D eigenvalue weighted by molar-refractivity contribution is 6.42. The van der Waals surface area contributed by atoms with Crippen LogP contribution in [0.15, 0.2) is 12.1 Å². The average Bonchev–Trinajstić information content (AvgIpc) is 2.20. The Kier molecular flexibility index (Phi) is 3.67. The Morgan fingerprint density at radius 1 is 1.33 bits per heavy atom. The van der Waals surface area contributed by atoms with E-state index in [1.165, 1.54) is 0 Å². The molecule has 1 unspecified atom stereocenters. The third kappa shape index (κ3) is 2.85. The lowest BCUT2D eigenvalue weighted by atomic mass is 10.0. The average molecular weight is 289 g/mol. The number of rotatable bonds is 1. The predicted octanol–water partition coefficient (Wildman–Crippen LogP) is 3.58. The minimum absolute atomic E-state index is 0.155. The normalized spacial score (nSPS) is 23.2. The van der Waals surface area contributed by atoms with E-state index in [2.05, 4.69) is 25.7 Å². The third-order valence-corrected chi connectivity index (χ3v) is 3.70. The van der Waals surface area contributed by atoms with Crippen LogP contribution in [0.4, 0.5) is 11.4 Å². The van der Waals surface area contributed by atoms with Crippen LogP contribution in [0.5, 0.6) is 0 Å². The molecule has 1 aromatic carbocycles. The van der Waals surface area contributed by atoms with E-state index in [1.54, 1.807) is 6.07 Å². The van der Waals surface area contributed by atoms with Gasteiger partial charge in [0.2, 0.25) is 0 Å². The van der Waals surface area contributed by atoms with Crippen molar-refractivity contribution < 1.29 is 4.74 Å². The molecule has 1 fully saturated rings. The number of halogens is 2. The monoisotopic (exact) mass is 288 g/mol. The van der Waals surface area contributed by atoms with Gasteiger partial charge in [-0.2, -0.15) is 0 Å². The molecule has 2 rings (SSSR count). The van der Waals surface area contributed by atoms with Gasteiger partial charge in [-0.15, -0.1) is 0 Å². The fourth-order valence-electron chi connectivity index (χ4n) is 2.46. The van der Waals surface area contributed by atoms with E-state index in [-0.39, 0.29) is 11.7 Å². The van der Waals surface area contributed by atoms with Crippen molar-refractivity contribution in [2.45, 2.75) is 32.5 Å². The molecular weight excluding hydrogens is 271 g/mol. The van der Waals surface area contributed by atoms with E-state index in [0.29, 0.717) is 15.7 Å². The zero-order chi connectivity index (χ0) is 13.5. The molecule has 5 heteroatoms. The first-order chi connectivity index (χ1) is 8.28. The number of ether oxygens (including phenoxy) is 1. The van der Waals surface area contributed by atoms with E-state index < -0.39 is 0 Å². The van der Waals surface area contributed by atoms with Gasteiger partial charge in [-0.25, -0.2) is 0 Å². The summed E-state index contributed by atoms with van der Waals surface area (Å²) in [7, 11) is 0. The summed E-state index contributed by atoms with van der Waals surface area (Å²) in [5.41, 5.74) is 7.40. The molecule has 1 aromatic rings. The van der Waals surface area contributed by atoms with Crippen molar-refractivity contribution in [3.05, 3.63) is 22.2 Å². The Balaban J connectivity index is 2.34. The predicted molar refractivity (Wildman–Crippen MR) is 77.7 cm³/mol. The molecule has 1 atom stereocenters. The third-order valence-electron chi connectivity index (χ3n) is 2.98. The topological polar surface area (TPSA) is 38.5 Å². The Bertz CT molecular complexity index is 463. The number of anilines is 2. The quantitative estimate of drug-likeness (QED) is 0.803. The molecule has 0 spiro atoms. The smallest absolute Gasteiger partial charge is 0.0805 e. The van der Waals surface area contributed by atoms with Crippen molar-refractivity contribution in [2.24, 2.45) is 0 Å². The Labute approximate surface area is 118 Å². The molecule has 0 aromatic heterocycles. The lowest BCUT2D eigenvalue weighted by Crippen LogP contribution is -2.52. The van der Waals surface area contributed by atoms with Crippen molar-refractivity contribution in [1.29, 1.82) is 0 Å². The van der Waals surface area contributed by atoms with Gasteiger partial charge in [0.25, 0.3) is 0 Å². The largest absolute Gasteiger partial charge is 0.397 e. The number of hydrogen-bond donors (Lipinski definition) is 1. The second-order valence-electron chi connectivity index (χ2n) is 5.39. The van der Waals surface area contributed by atoms with E-state index >= 15 is 0 Å². The number of benzene rings is 1. The van der Waals surface area contributed by atoms with Crippen molar-refractivity contribution in [2.75, 3.05) is 23.7 Å². The summed E-state index contributed by atoms with van der Waals surface area (Å²) in [4.78, 5) is 2.20. The van der Waals surface area contributed by atoms with E-state index in [9.17, 15) is 0 Å². The molecule has 1 aliphatic heterocycles. The number of nitrogen functional groups attached to an aromatic ring is 1. The molecule has 0 saturated carbocycles. The summed E-state index contributed by atoms with van der Waals surface area (Å²) >= 11 is 12.0. The van der Waals surface area contributed by atoms with Gasteiger partial charge < -0.3 is 15.4 Å². The lowest BCUT2D eigenvalue weighted by molar-refractivity contribution is -0.0749. The first kappa shape index (κ1) is 13.8. The molecule has 0 bridgehead atoms. The Morgan fingerprint density at radius 2 is 1.94 bits per heavy atom. The maximum atomic E-state index is 6.07. The summed E-state index contributed by atoms with van der Waals surface area (Å²) in [6.45, 7) is 7.78. The number of nitrogens with zero attached hydrogens (tertiary/aromatic N) is 1. The zero-order valence-corrected chi connectivity index (χ0v) is 12.3. The summed E-state index contributed by atoms with van der Waals surface area (Å²) < 4.78 is 5.88. The van der Waals surface area contributed by atoms with Crippen molar-refractivity contribution in [3.8, 4) is 0 Å². The Hall–Kier alpha value is -0.640. The second kappa shape index (κ2) is 4.80. The molecule has 0 radical (unpaired) electrons. The molecule has 3 nitrogen and oxygen atoms in total. The molecule has 18 heavy (non-hydrogen) atoms. The van der Waals surface area contributed by atoms with Crippen molar-refractivity contribution >= 4 is 34.6 Å². The number of nitrogens with two attached hydrogens (primary N) is 1. The molecule has 1 saturated heterocycles. The summed E-state index contributed by atoms with van der Waals surface area (Å²) in [5, 5.41) is 1.01. The van der Waals surface area contributed by atoms with Gasteiger partial charge in [-0.05, 0) is 32.9 Å². The molecule has 0 amide bonds. The summed E-state index contributed by atoms with van der Waals surface area (Å²) in [6.07, 6.45) is 0.155. The van der Waals surface area contributed by atoms with Crippen LogP contribution in [0.2, 0.25) is 10.0 Å². The molecular formula is C13H18Cl2N2O. The lowest BCUT2D eigenvalue weighted by Gasteiger charge is -2.43. The number of hydrogen-bond acceptors (Lipinski definition) is 3. The van der Waals surface area contributed by atoms with Crippen LogP contribution in [0.25, 0.3) is 0 Å². The maximum Gasteiger partial charge on any atom is 0.0805 e. The van der Waals surface area contributed by atoms with Crippen LogP contribution in [0, 0.1) is 0 Å². The van der Waals surface area contributed by atoms with Crippen LogP contribution >= 0.6 is 23.2 Å². The van der Waals surface area contributed by atoms with Crippen LogP contribution in [-0.2, 0) is 4.74 Å². The first-order valence-electron chi connectivity index (χ1n) is 5.96. The Morgan fingerprint density at radius 3 is 2.56 bits per heavy atom. The van der Waals surface area contributed by atoms with E-state index in [0.717, 1.165) is 18.8 Å². The standard InChI is InChI=1S/C13H18Cl2N2O/c1-8-6-17(7-13(2,3)18-8)12-5-10(15)9(14)4-11(12)16/h4-5,8H,6-7,16H2,1-3H3. The van der Waals surface area contributed by atoms with Crippen molar-refractivity contribution in [1.82, 2.24) is 0 Å².